The molecule has 2 aliphatic carbocycles. The maximum atomic E-state index is 10.7. The summed E-state index contributed by atoms with van der Waals surface area (Å²) in [4.78, 5) is 0. The van der Waals surface area contributed by atoms with E-state index in [9.17, 15) is 5.11 Å². The van der Waals surface area contributed by atoms with E-state index < -0.39 is 0 Å². The number of rotatable bonds is 1. The van der Waals surface area contributed by atoms with Gasteiger partial charge in [-0.3, -0.25) is 0 Å². The van der Waals surface area contributed by atoms with Crippen LogP contribution in [0.2, 0.25) is 0 Å². The Morgan fingerprint density at radius 1 is 1.62 bits per heavy atom. The van der Waals surface area contributed by atoms with Crippen molar-refractivity contribution in [2.45, 2.75) is 32.3 Å². The first-order valence-electron chi connectivity index (χ1n) is 3.40. The summed E-state index contributed by atoms with van der Waals surface area (Å²) in [5, 5.41) is 10.7. The van der Waals surface area contributed by atoms with E-state index in [1.54, 1.807) is 6.92 Å². The minimum atomic E-state index is -0.280. The molecule has 45 valence electrons. The summed E-state index contributed by atoms with van der Waals surface area (Å²) in [6.45, 7) is 1.80. The lowest BCUT2D eigenvalue weighted by Crippen LogP contribution is -2.01. The van der Waals surface area contributed by atoms with Gasteiger partial charge in [-0.25, -0.2) is 5.11 Å². The Labute approximate surface area is 49.7 Å². The Morgan fingerprint density at radius 3 is 2.38 bits per heavy atom. The third kappa shape index (κ3) is 0.455. The van der Waals surface area contributed by atoms with Crippen LogP contribution in [0.3, 0.4) is 0 Å². The maximum absolute atomic E-state index is 10.7. The molecule has 1 nitrogen and oxygen atoms in total. The van der Waals surface area contributed by atoms with Crippen LogP contribution in [0, 0.1) is 11.3 Å². The Hall–Kier alpha value is -0.0400. The zero-order chi connectivity index (χ0) is 5.78. The Morgan fingerprint density at radius 2 is 2.25 bits per heavy atom. The van der Waals surface area contributed by atoms with Gasteiger partial charge in [0.2, 0.25) is 0 Å². The predicted octanol–water partition coefficient (Wildman–Crippen LogP) is 1.61. The molecule has 1 heteroatoms. The molecule has 0 N–H and O–H groups in total. The van der Waals surface area contributed by atoms with E-state index in [2.05, 4.69) is 0 Å². The largest absolute Gasteiger partial charge is 0.233 e. The highest BCUT2D eigenvalue weighted by Crippen LogP contribution is 2.71. The molecule has 2 aliphatic rings. The van der Waals surface area contributed by atoms with E-state index in [0.29, 0.717) is 11.3 Å². The Balaban J connectivity index is 1.96. The Bertz CT molecular complexity index is 114. The molecule has 0 aromatic carbocycles. The maximum Gasteiger partial charge on any atom is 0.0935 e. The van der Waals surface area contributed by atoms with Gasteiger partial charge in [-0.2, -0.15) is 0 Å². The van der Waals surface area contributed by atoms with Crippen LogP contribution in [-0.2, 0) is 5.11 Å². The number of hydrogen-bond acceptors (Lipinski definition) is 0. The fraction of sp³-hybridized carbons (Fsp3) is 1.00. The average molecular weight is 111 g/mol. The van der Waals surface area contributed by atoms with Crippen LogP contribution in [0.25, 0.3) is 0 Å². The van der Waals surface area contributed by atoms with Crippen LogP contribution in [0.5, 0.6) is 0 Å². The van der Waals surface area contributed by atoms with Gasteiger partial charge >= 0.3 is 0 Å². The summed E-state index contributed by atoms with van der Waals surface area (Å²) in [6.07, 6.45) is 3.67. The van der Waals surface area contributed by atoms with Crippen molar-refractivity contribution in [2.24, 2.45) is 11.3 Å². The summed E-state index contributed by atoms with van der Waals surface area (Å²) in [6, 6.07) is 0. The molecular formula is C7H11O. The van der Waals surface area contributed by atoms with Crippen molar-refractivity contribution in [1.82, 2.24) is 0 Å². The monoisotopic (exact) mass is 111 g/mol. The van der Waals surface area contributed by atoms with Crippen LogP contribution >= 0.6 is 0 Å². The SMILES string of the molecule is CC([O])C1CC12CC2. The van der Waals surface area contributed by atoms with Gasteiger partial charge in [-0.05, 0) is 37.5 Å². The second kappa shape index (κ2) is 1.10. The van der Waals surface area contributed by atoms with Crippen molar-refractivity contribution in [3.8, 4) is 0 Å². The Kier molecular flexibility index (Phi) is 0.663. The molecule has 0 aromatic heterocycles. The van der Waals surface area contributed by atoms with Crippen LogP contribution in [0.15, 0.2) is 0 Å². The van der Waals surface area contributed by atoms with Crippen LogP contribution in [0.1, 0.15) is 26.2 Å². The van der Waals surface area contributed by atoms with Gasteiger partial charge in [0.25, 0.3) is 0 Å². The van der Waals surface area contributed by atoms with Gasteiger partial charge in [0.05, 0.1) is 6.10 Å². The normalized spacial score (nSPS) is 42.0. The van der Waals surface area contributed by atoms with E-state index in [-0.39, 0.29) is 6.10 Å². The molecule has 2 atom stereocenters. The third-order valence-electron chi connectivity index (χ3n) is 2.71. The van der Waals surface area contributed by atoms with Gasteiger partial charge in [-0.1, -0.05) is 0 Å². The van der Waals surface area contributed by atoms with E-state index in [0.717, 1.165) is 0 Å². The minimum Gasteiger partial charge on any atom is -0.233 e. The lowest BCUT2D eigenvalue weighted by Gasteiger charge is -1.94. The number of hydrogen-bond donors (Lipinski definition) is 0. The first-order valence-corrected chi connectivity index (χ1v) is 3.40. The molecule has 2 unspecified atom stereocenters. The average Bonchev–Trinajstić information content (AvgIpc) is 2.50. The summed E-state index contributed by atoms with van der Waals surface area (Å²) < 4.78 is 0. The zero-order valence-electron chi connectivity index (χ0n) is 5.18. The van der Waals surface area contributed by atoms with Gasteiger partial charge in [0.1, 0.15) is 0 Å². The third-order valence-corrected chi connectivity index (χ3v) is 2.71. The molecule has 2 rings (SSSR count). The molecule has 0 aliphatic heterocycles. The van der Waals surface area contributed by atoms with Crippen LogP contribution in [0.4, 0.5) is 0 Å². The van der Waals surface area contributed by atoms with Crippen LogP contribution < -0.4 is 0 Å². The lowest BCUT2D eigenvalue weighted by atomic mass is 10.2. The summed E-state index contributed by atoms with van der Waals surface area (Å²) in [5.74, 6) is 0.572. The van der Waals surface area contributed by atoms with Crippen molar-refractivity contribution < 1.29 is 5.11 Å². The standard InChI is InChI=1S/C7H11O/c1-5(8)6-4-7(6)2-3-7/h5-6H,2-4H2,1H3. The first-order chi connectivity index (χ1) is 3.75. The molecule has 2 saturated carbocycles. The van der Waals surface area contributed by atoms with Crippen molar-refractivity contribution in [3.63, 3.8) is 0 Å². The smallest absolute Gasteiger partial charge is 0.0935 e. The van der Waals surface area contributed by atoms with E-state index in [1.807, 2.05) is 0 Å². The van der Waals surface area contributed by atoms with Gasteiger partial charge in [0, 0.05) is 0 Å². The van der Waals surface area contributed by atoms with Crippen molar-refractivity contribution in [3.05, 3.63) is 0 Å². The second-order valence-electron chi connectivity index (χ2n) is 3.38. The molecule has 0 aromatic rings. The highest BCUT2D eigenvalue weighted by atomic mass is 16.3. The molecule has 1 spiro atoms. The van der Waals surface area contributed by atoms with Crippen molar-refractivity contribution in [1.29, 1.82) is 0 Å². The molecule has 0 amide bonds. The minimum absolute atomic E-state index is 0.280. The van der Waals surface area contributed by atoms with Gasteiger partial charge in [0.15, 0.2) is 0 Å². The summed E-state index contributed by atoms with van der Waals surface area (Å²) in [7, 11) is 0. The van der Waals surface area contributed by atoms with E-state index >= 15 is 0 Å². The lowest BCUT2D eigenvalue weighted by molar-refractivity contribution is 0.0799. The van der Waals surface area contributed by atoms with E-state index in [4.69, 9.17) is 0 Å². The van der Waals surface area contributed by atoms with Gasteiger partial charge < -0.3 is 0 Å². The quantitative estimate of drug-likeness (QED) is 0.490. The molecule has 0 heterocycles. The summed E-state index contributed by atoms with van der Waals surface area (Å²) >= 11 is 0. The second-order valence-corrected chi connectivity index (χ2v) is 3.38. The molecule has 0 bridgehead atoms. The van der Waals surface area contributed by atoms with Gasteiger partial charge in [-0.15, -0.1) is 0 Å². The topological polar surface area (TPSA) is 19.9 Å². The van der Waals surface area contributed by atoms with Crippen LogP contribution in [-0.4, -0.2) is 6.10 Å². The first kappa shape index (κ1) is 4.80. The highest BCUT2D eigenvalue weighted by molar-refractivity contribution is 5.13. The zero-order valence-corrected chi connectivity index (χ0v) is 5.18. The fourth-order valence-corrected chi connectivity index (χ4v) is 1.78. The molecule has 0 saturated heterocycles. The molecular weight excluding hydrogens is 100 g/mol. The van der Waals surface area contributed by atoms with Crippen molar-refractivity contribution in [2.75, 3.05) is 0 Å². The highest BCUT2D eigenvalue weighted by Gasteiger charge is 2.64. The fourth-order valence-electron chi connectivity index (χ4n) is 1.78. The van der Waals surface area contributed by atoms with Crippen molar-refractivity contribution >= 4 is 0 Å². The molecule has 8 heavy (non-hydrogen) atoms. The molecule has 1 radical (unpaired) electrons. The predicted molar refractivity (Wildman–Crippen MR) is 29.9 cm³/mol. The summed E-state index contributed by atoms with van der Waals surface area (Å²) in [5.41, 5.74) is 0.626. The molecule has 2 fully saturated rings. The van der Waals surface area contributed by atoms with E-state index in [1.165, 1.54) is 19.3 Å².